The largest absolute Gasteiger partial charge is 0.360 e. The maximum atomic E-state index is 12.1. The molecule has 7 atom stereocenters. The summed E-state index contributed by atoms with van der Waals surface area (Å²) in [7, 11) is 0. The Labute approximate surface area is 148 Å². The molecule has 2 heterocycles. The molecule has 0 aromatic carbocycles. The fourth-order valence-electron chi connectivity index (χ4n) is 7.26. The van der Waals surface area contributed by atoms with Crippen LogP contribution < -0.4 is 0 Å². The third kappa shape index (κ3) is 1.59. The average molecular weight is 342 g/mol. The van der Waals surface area contributed by atoms with Crippen molar-refractivity contribution in [2.75, 3.05) is 13.2 Å². The van der Waals surface area contributed by atoms with Gasteiger partial charge < -0.3 is 14.2 Å². The van der Waals surface area contributed by atoms with Crippen LogP contribution in [0.2, 0.25) is 0 Å². The molecule has 6 rings (SSSR count). The highest BCUT2D eigenvalue weighted by atomic mass is 16.7. The van der Waals surface area contributed by atoms with Crippen LogP contribution in [0.4, 0.5) is 0 Å². The standard InChI is InChI=1S/C21H26O4/c1-19-7-5-15-13(14(19)6-8-21(19)23-9-10-24-21)4-3-12-11-16(22)17-18(25-17)20(12,15)2/h3-4,11,13-15,17-18H,5-10H2,1-2H3/t13?,14?,15?,17?,18?,19-,20-/m0/s1. The van der Waals surface area contributed by atoms with Crippen LogP contribution in [-0.2, 0) is 19.0 Å². The first kappa shape index (κ1) is 15.1. The van der Waals surface area contributed by atoms with Crippen molar-refractivity contribution in [3.63, 3.8) is 0 Å². The van der Waals surface area contributed by atoms with E-state index in [0.29, 0.717) is 17.8 Å². The molecule has 0 aromatic rings. The molecule has 134 valence electrons. The molecule has 1 spiro atoms. The van der Waals surface area contributed by atoms with Crippen molar-refractivity contribution in [3.8, 4) is 0 Å². The van der Waals surface area contributed by atoms with E-state index < -0.39 is 0 Å². The normalized spacial score (nSPS) is 54.6. The van der Waals surface area contributed by atoms with Crippen molar-refractivity contribution in [2.24, 2.45) is 28.6 Å². The average Bonchev–Trinajstić information content (AvgIpc) is 3.20. The first-order chi connectivity index (χ1) is 12.0. The smallest absolute Gasteiger partial charge is 0.187 e. The van der Waals surface area contributed by atoms with Crippen LogP contribution in [0.3, 0.4) is 0 Å². The molecular weight excluding hydrogens is 316 g/mol. The highest BCUT2D eigenvalue weighted by molar-refractivity contribution is 5.98. The molecule has 0 amide bonds. The summed E-state index contributed by atoms with van der Waals surface area (Å²) in [5, 5.41) is 0. The fourth-order valence-corrected chi connectivity index (χ4v) is 7.26. The maximum absolute atomic E-state index is 12.1. The van der Waals surface area contributed by atoms with Gasteiger partial charge in [0, 0.05) is 17.3 Å². The lowest BCUT2D eigenvalue weighted by atomic mass is 9.49. The van der Waals surface area contributed by atoms with E-state index in [1.165, 1.54) is 12.0 Å². The number of ether oxygens (including phenoxy) is 3. The van der Waals surface area contributed by atoms with E-state index in [4.69, 9.17) is 14.2 Å². The summed E-state index contributed by atoms with van der Waals surface area (Å²) in [6.45, 7) is 6.20. The van der Waals surface area contributed by atoms with Gasteiger partial charge >= 0.3 is 0 Å². The minimum Gasteiger partial charge on any atom is -0.360 e. The zero-order valence-electron chi connectivity index (χ0n) is 15.0. The van der Waals surface area contributed by atoms with E-state index in [2.05, 4.69) is 26.0 Å². The highest BCUT2D eigenvalue weighted by Gasteiger charge is 2.70. The second kappa shape index (κ2) is 4.47. The maximum Gasteiger partial charge on any atom is 0.187 e. The lowest BCUT2D eigenvalue weighted by Crippen LogP contribution is -2.55. The van der Waals surface area contributed by atoms with Gasteiger partial charge in [-0.05, 0) is 48.7 Å². The Morgan fingerprint density at radius 1 is 1.08 bits per heavy atom. The molecule has 0 radical (unpaired) electrons. The number of allylic oxidation sites excluding steroid dienone is 2. The minimum absolute atomic E-state index is 0.00747. The number of epoxide rings is 1. The summed E-state index contributed by atoms with van der Waals surface area (Å²) in [6, 6.07) is 0. The summed E-state index contributed by atoms with van der Waals surface area (Å²) in [6.07, 6.45) is 10.9. The number of carbonyl (C=O) groups excluding carboxylic acids is 1. The van der Waals surface area contributed by atoms with Gasteiger partial charge in [0.15, 0.2) is 11.6 Å². The number of hydrogen-bond acceptors (Lipinski definition) is 4. The van der Waals surface area contributed by atoms with Gasteiger partial charge in [0.1, 0.15) is 12.2 Å². The summed E-state index contributed by atoms with van der Waals surface area (Å²) in [5.74, 6) is 1.49. The van der Waals surface area contributed by atoms with Crippen molar-refractivity contribution in [1.29, 1.82) is 0 Å². The van der Waals surface area contributed by atoms with E-state index in [1.54, 1.807) is 0 Å². The lowest BCUT2D eigenvalue weighted by Gasteiger charge is -2.56. The van der Waals surface area contributed by atoms with Crippen molar-refractivity contribution in [3.05, 3.63) is 23.8 Å². The van der Waals surface area contributed by atoms with Gasteiger partial charge in [-0.15, -0.1) is 0 Å². The molecule has 4 heteroatoms. The topological polar surface area (TPSA) is 48.1 Å². The quantitative estimate of drug-likeness (QED) is 0.635. The predicted octanol–water partition coefficient (Wildman–Crippen LogP) is 3.02. The van der Waals surface area contributed by atoms with Crippen LogP contribution >= 0.6 is 0 Å². The van der Waals surface area contributed by atoms with Crippen LogP contribution in [0.5, 0.6) is 0 Å². The minimum atomic E-state index is -0.353. The molecule has 4 fully saturated rings. The van der Waals surface area contributed by atoms with Gasteiger partial charge in [-0.1, -0.05) is 26.0 Å². The third-order valence-corrected chi connectivity index (χ3v) is 8.68. The highest BCUT2D eigenvalue weighted by Crippen LogP contribution is 2.69. The molecule has 0 bridgehead atoms. The SMILES string of the molecule is C[C@@]12C(=CC(=O)C3OC31)C=CC1C2CC[C@@]2(C)C1CCC21OCCO1. The summed E-state index contributed by atoms with van der Waals surface area (Å²) >= 11 is 0. The van der Waals surface area contributed by atoms with E-state index >= 15 is 0 Å². The Bertz CT molecular complexity index is 717. The van der Waals surface area contributed by atoms with Crippen LogP contribution in [0, 0.1) is 28.6 Å². The van der Waals surface area contributed by atoms with Gasteiger partial charge in [-0.3, -0.25) is 4.79 Å². The molecule has 2 saturated carbocycles. The van der Waals surface area contributed by atoms with Crippen molar-refractivity contribution < 1.29 is 19.0 Å². The Morgan fingerprint density at radius 3 is 2.64 bits per heavy atom. The second-order valence-electron chi connectivity index (χ2n) is 9.36. The van der Waals surface area contributed by atoms with Gasteiger partial charge in [0.25, 0.3) is 0 Å². The summed E-state index contributed by atoms with van der Waals surface area (Å²) in [4.78, 5) is 12.1. The number of ketones is 1. The Balaban J connectivity index is 1.42. The number of rotatable bonds is 0. The Hall–Kier alpha value is -0.970. The first-order valence-corrected chi connectivity index (χ1v) is 9.87. The van der Waals surface area contributed by atoms with Crippen molar-refractivity contribution >= 4 is 5.78 Å². The molecular formula is C21H26O4. The monoisotopic (exact) mass is 342 g/mol. The number of fused-ring (bicyclic) bond motifs is 8. The zero-order chi connectivity index (χ0) is 17.0. The molecule has 4 aliphatic carbocycles. The molecule has 0 aromatic heterocycles. The van der Waals surface area contributed by atoms with Gasteiger partial charge in [-0.25, -0.2) is 0 Å². The van der Waals surface area contributed by atoms with Gasteiger partial charge in [0.05, 0.1) is 13.2 Å². The Morgan fingerprint density at radius 2 is 1.84 bits per heavy atom. The fraction of sp³-hybridized carbons (Fsp3) is 0.762. The van der Waals surface area contributed by atoms with Crippen LogP contribution in [0.25, 0.3) is 0 Å². The number of hydrogen-bond donors (Lipinski definition) is 0. The summed E-state index contributed by atoms with van der Waals surface area (Å²) in [5.41, 5.74) is 1.29. The summed E-state index contributed by atoms with van der Waals surface area (Å²) < 4.78 is 18.3. The van der Waals surface area contributed by atoms with Crippen LogP contribution in [0.1, 0.15) is 39.5 Å². The molecule has 2 aliphatic heterocycles. The van der Waals surface area contributed by atoms with E-state index in [0.717, 1.165) is 32.5 Å². The Kier molecular flexibility index (Phi) is 2.70. The zero-order valence-corrected chi connectivity index (χ0v) is 15.0. The van der Waals surface area contributed by atoms with Crippen LogP contribution in [0.15, 0.2) is 23.8 Å². The second-order valence-corrected chi connectivity index (χ2v) is 9.36. The lowest BCUT2D eigenvalue weighted by molar-refractivity contribution is -0.239. The van der Waals surface area contributed by atoms with Crippen molar-refractivity contribution in [1.82, 2.24) is 0 Å². The molecule has 25 heavy (non-hydrogen) atoms. The van der Waals surface area contributed by atoms with E-state index in [9.17, 15) is 4.79 Å². The molecule has 4 nitrogen and oxygen atoms in total. The molecule has 5 unspecified atom stereocenters. The number of carbonyl (C=O) groups is 1. The van der Waals surface area contributed by atoms with Gasteiger partial charge in [-0.2, -0.15) is 0 Å². The van der Waals surface area contributed by atoms with E-state index in [-0.39, 0.29) is 34.6 Å². The molecule has 2 saturated heterocycles. The van der Waals surface area contributed by atoms with Gasteiger partial charge in [0.2, 0.25) is 0 Å². The molecule has 0 N–H and O–H groups in total. The van der Waals surface area contributed by atoms with Crippen LogP contribution in [-0.4, -0.2) is 37.0 Å². The third-order valence-electron chi connectivity index (χ3n) is 8.68. The predicted molar refractivity (Wildman–Crippen MR) is 90.7 cm³/mol. The van der Waals surface area contributed by atoms with E-state index in [1.807, 2.05) is 6.08 Å². The van der Waals surface area contributed by atoms with Crippen molar-refractivity contribution in [2.45, 2.75) is 57.5 Å². The first-order valence-electron chi connectivity index (χ1n) is 9.87. The molecule has 6 aliphatic rings.